The molecule has 2 rings (SSSR count). The Labute approximate surface area is 127 Å². The molecular formula is C17H27NO3. The maximum atomic E-state index is 10.1. The van der Waals surface area contributed by atoms with Gasteiger partial charge in [-0.2, -0.15) is 0 Å². The van der Waals surface area contributed by atoms with Crippen molar-refractivity contribution in [2.75, 3.05) is 27.3 Å². The first-order valence-corrected chi connectivity index (χ1v) is 7.84. The van der Waals surface area contributed by atoms with Crippen LogP contribution in [0.5, 0.6) is 11.5 Å². The first-order chi connectivity index (χ1) is 10.2. The Hall–Kier alpha value is -1.26. The van der Waals surface area contributed by atoms with Gasteiger partial charge in [-0.1, -0.05) is 25.3 Å². The monoisotopic (exact) mass is 293 g/mol. The summed E-state index contributed by atoms with van der Waals surface area (Å²) in [7, 11) is 3.73. The largest absolute Gasteiger partial charge is 0.497 e. The van der Waals surface area contributed by atoms with E-state index in [9.17, 15) is 5.11 Å². The van der Waals surface area contributed by atoms with Crippen LogP contribution in [0.15, 0.2) is 24.3 Å². The molecule has 1 aliphatic carbocycles. The quantitative estimate of drug-likeness (QED) is 0.839. The number of aliphatic hydroxyl groups is 1. The summed E-state index contributed by atoms with van der Waals surface area (Å²) in [5.74, 6) is 1.50. The van der Waals surface area contributed by atoms with E-state index in [-0.39, 0.29) is 0 Å². The van der Waals surface area contributed by atoms with Gasteiger partial charge >= 0.3 is 0 Å². The molecule has 0 saturated heterocycles. The minimum atomic E-state index is -0.469. The van der Waals surface area contributed by atoms with Gasteiger partial charge < -0.3 is 19.5 Å². The lowest BCUT2D eigenvalue weighted by atomic mass is 9.94. The van der Waals surface area contributed by atoms with Gasteiger partial charge in [0.1, 0.15) is 24.2 Å². The number of hydrogen-bond donors (Lipinski definition) is 1. The Bertz CT molecular complexity index is 418. The summed E-state index contributed by atoms with van der Waals surface area (Å²) < 4.78 is 10.8. The molecule has 0 bridgehead atoms. The van der Waals surface area contributed by atoms with Crippen molar-refractivity contribution in [3.8, 4) is 11.5 Å². The van der Waals surface area contributed by atoms with Crippen molar-refractivity contribution in [2.24, 2.45) is 0 Å². The zero-order chi connectivity index (χ0) is 15.1. The standard InChI is InChI=1S/C17H27NO3/c1-18(14-7-4-3-5-8-14)12-15(19)13-21-17-10-6-9-16(11-17)20-2/h6,9-11,14-15,19H,3-5,7-8,12-13H2,1-2H3/t15-/m1/s1. The minimum Gasteiger partial charge on any atom is -0.497 e. The van der Waals surface area contributed by atoms with Crippen molar-refractivity contribution < 1.29 is 14.6 Å². The molecule has 0 unspecified atom stereocenters. The van der Waals surface area contributed by atoms with Gasteiger partial charge in [0.05, 0.1) is 7.11 Å². The highest BCUT2D eigenvalue weighted by Crippen LogP contribution is 2.22. The second-order valence-electron chi connectivity index (χ2n) is 5.88. The van der Waals surface area contributed by atoms with Crippen molar-refractivity contribution in [3.63, 3.8) is 0 Å². The number of rotatable bonds is 7. The third kappa shape index (κ3) is 5.21. The Kier molecular flexibility index (Phi) is 6.33. The molecule has 1 fully saturated rings. The Morgan fingerprint density at radius 2 is 1.95 bits per heavy atom. The van der Waals surface area contributed by atoms with E-state index in [1.165, 1.54) is 32.1 Å². The highest BCUT2D eigenvalue weighted by molar-refractivity contribution is 5.32. The Morgan fingerprint density at radius 1 is 1.24 bits per heavy atom. The molecule has 1 aromatic carbocycles. The zero-order valence-corrected chi connectivity index (χ0v) is 13.1. The second-order valence-corrected chi connectivity index (χ2v) is 5.88. The molecule has 1 saturated carbocycles. The number of aliphatic hydroxyl groups excluding tert-OH is 1. The minimum absolute atomic E-state index is 0.310. The van der Waals surface area contributed by atoms with Crippen molar-refractivity contribution in [3.05, 3.63) is 24.3 Å². The molecule has 0 radical (unpaired) electrons. The van der Waals surface area contributed by atoms with Crippen LogP contribution in [0.25, 0.3) is 0 Å². The zero-order valence-electron chi connectivity index (χ0n) is 13.1. The highest BCUT2D eigenvalue weighted by atomic mass is 16.5. The number of nitrogens with zero attached hydrogens (tertiary/aromatic N) is 1. The molecule has 4 heteroatoms. The first kappa shape index (κ1) is 16.1. The van der Waals surface area contributed by atoms with Crippen LogP contribution in [0.2, 0.25) is 0 Å². The fraction of sp³-hybridized carbons (Fsp3) is 0.647. The average Bonchev–Trinajstić information content (AvgIpc) is 2.54. The van der Waals surface area contributed by atoms with E-state index >= 15 is 0 Å². The van der Waals surface area contributed by atoms with Crippen LogP contribution in [0, 0.1) is 0 Å². The number of methoxy groups -OCH3 is 1. The van der Waals surface area contributed by atoms with Crippen LogP contribution < -0.4 is 9.47 Å². The molecule has 1 atom stereocenters. The van der Waals surface area contributed by atoms with E-state index in [2.05, 4.69) is 11.9 Å². The average molecular weight is 293 g/mol. The topological polar surface area (TPSA) is 41.9 Å². The molecule has 21 heavy (non-hydrogen) atoms. The molecule has 0 aliphatic heterocycles. The Morgan fingerprint density at radius 3 is 2.67 bits per heavy atom. The van der Waals surface area contributed by atoms with Crippen LogP contribution in [-0.2, 0) is 0 Å². The number of hydrogen-bond acceptors (Lipinski definition) is 4. The lowest BCUT2D eigenvalue weighted by Crippen LogP contribution is -2.40. The van der Waals surface area contributed by atoms with Crippen molar-refractivity contribution >= 4 is 0 Å². The summed E-state index contributed by atoms with van der Waals surface area (Å²) in [6, 6.07) is 8.08. The molecule has 0 aromatic heterocycles. The van der Waals surface area contributed by atoms with Gasteiger partial charge in [-0.3, -0.25) is 0 Å². The second kappa shape index (κ2) is 8.25. The molecule has 1 N–H and O–H groups in total. The number of likely N-dealkylation sites (N-methyl/N-ethyl adjacent to an activating group) is 1. The maximum Gasteiger partial charge on any atom is 0.123 e. The molecule has 4 nitrogen and oxygen atoms in total. The predicted molar refractivity (Wildman–Crippen MR) is 84.0 cm³/mol. The van der Waals surface area contributed by atoms with E-state index in [4.69, 9.17) is 9.47 Å². The number of ether oxygens (including phenoxy) is 2. The van der Waals surface area contributed by atoms with Crippen LogP contribution in [0.4, 0.5) is 0 Å². The molecule has 0 spiro atoms. The number of benzene rings is 1. The van der Waals surface area contributed by atoms with Crippen LogP contribution in [0.1, 0.15) is 32.1 Å². The highest BCUT2D eigenvalue weighted by Gasteiger charge is 2.20. The molecule has 1 aliphatic rings. The SMILES string of the molecule is COc1cccc(OC[C@H](O)CN(C)C2CCCCC2)c1. The van der Waals surface area contributed by atoms with Gasteiger partial charge in [0.2, 0.25) is 0 Å². The summed E-state index contributed by atoms with van der Waals surface area (Å²) in [6.07, 6.45) is 6.01. The maximum absolute atomic E-state index is 10.1. The lowest BCUT2D eigenvalue weighted by molar-refractivity contribution is 0.0561. The molecular weight excluding hydrogens is 266 g/mol. The smallest absolute Gasteiger partial charge is 0.123 e. The summed E-state index contributed by atoms with van der Waals surface area (Å²) in [5.41, 5.74) is 0. The summed E-state index contributed by atoms with van der Waals surface area (Å²) in [5, 5.41) is 10.1. The van der Waals surface area contributed by atoms with Gasteiger partial charge in [0.15, 0.2) is 0 Å². The van der Waals surface area contributed by atoms with Gasteiger partial charge in [0, 0.05) is 18.7 Å². The normalized spacial score (nSPS) is 17.7. The molecule has 0 amide bonds. The van der Waals surface area contributed by atoms with E-state index in [0.717, 1.165) is 11.5 Å². The van der Waals surface area contributed by atoms with E-state index in [1.54, 1.807) is 7.11 Å². The lowest BCUT2D eigenvalue weighted by Gasteiger charge is -2.32. The van der Waals surface area contributed by atoms with Crippen molar-refractivity contribution in [1.82, 2.24) is 4.90 Å². The van der Waals surface area contributed by atoms with Crippen LogP contribution in [0.3, 0.4) is 0 Å². The fourth-order valence-electron chi connectivity index (χ4n) is 2.94. The first-order valence-electron chi connectivity index (χ1n) is 7.84. The van der Waals surface area contributed by atoms with Crippen LogP contribution in [-0.4, -0.2) is 49.5 Å². The third-order valence-corrected chi connectivity index (χ3v) is 4.18. The van der Waals surface area contributed by atoms with Crippen molar-refractivity contribution in [1.29, 1.82) is 0 Å². The predicted octanol–water partition coefficient (Wildman–Crippen LogP) is 2.70. The van der Waals surface area contributed by atoms with E-state index in [1.807, 2.05) is 24.3 Å². The molecule has 0 heterocycles. The van der Waals surface area contributed by atoms with Crippen LogP contribution >= 0.6 is 0 Å². The van der Waals surface area contributed by atoms with Gasteiger partial charge in [-0.15, -0.1) is 0 Å². The summed E-state index contributed by atoms with van der Waals surface area (Å²) in [6.45, 7) is 0.971. The fourth-order valence-corrected chi connectivity index (χ4v) is 2.94. The molecule has 1 aromatic rings. The van der Waals surface area contributed by atoms with Gasteiger partial charge in [0.25, 0.3) is 0 Å². The third-order valence-electron chi connectivity index (χ3n) is 4.18. The van der Waals surface area contributed by atoms with Crippen molar-refractivity contribution in [2.45, 2.75) is 44.2 Å². The van der Waals surface area contributed by atoms with Gasteiger partial charge in [-0.05, 0) is 32.0 Å². The Balaban J connectivity index is 1.74. The summed E-state index contributed by atoms with van der Waals surface area (Å²) >= 11 is 0. The molecule has 118 valence electrons. The van der Waals surface area contributed by atoms with E-state index in [0.29, 0.717) is 19.2 Å². The van der Waals surface area contributed by atoms with Gasteiger partial charge in [-0.25, -0.2) is 0 Å². The van der Waals surface area contributed by atoms with E-state index < -0.39 is 6.10 Å². The summed E-state index contributed by atoms with van der Waals surface area (Å²) in [4.78, 5) is 2.28.